The highest BCUT2D eigenvalue weighted by molar-refractivity contribution is 7.79. The van der Waals surface area contributed by atoms with Crippen LogP contribution < -0.4 is 0 Å². The van der Waals surface area contributed by atoms with E-state index in [0.717, 1.165) is 0 Å². The Morgan fingerprint density at radius 1 is 0.757 bits per heavy atom. The molecule has 0 aromatic heterocycles. The summed E-state index contributed by atoms with van der Waals surface area (Å²) in [4.78, 5) is 0. The molecule has 0 unspecified atom stereocenters. The number of phenolic OH excluding ortho intramolecular Hbond substituents is 1. The Balaban J connectivity index is 3.08. The van der Waals surface area contributed by atoms with E-state index in [1.807, 2.05) is 51.1 Å². The van der Waals surface area contributed by atoms with Crippen molar-refractivity contribution in [3.05, 3.63) is 46.5 Å². The second-order valence-electron chi connectivity index (χ2n) is 11.3. The molecule has 0 saturated carbocycles. The average molecular weight is 555 g/mol. The molecule has 0 aliphatic carbocycles. The van der Waals surface area contributed by atoms with E-state index >= 15 is 0 Å². The van der Waals surface area contributed by atoms with E-state index in [4.69, 9.17) is 18.1 Å². The number of rotatable bonds is 11. The normalized spacial score (nSPS) is 13.4. The topological polar surface area (TPSA) is 91.3 Å². The van der Waals surface area contributed by atoms with Crippen molar-refractivity contribution in [2.45, 2.75) is 106 Å². The average Bonchev–Trinajstić information content (AvgIpc) is 2.69. The van der Waals surface area contributed by atoms with E-state index in [1.54, 1.807) is 61.5 Å². The summed E-state index contributed by atoms with van der Waals surface area (Å²) in [6, 6.07) is 9.17. The third-order valence-corrected chi connectivity index (χ3v) is 10.7. The highest BCUT2D eigenvalue weighted by atomic mass is 31.2. The second kappa shape index (κ2) is 12.2. The molecule has 37 heavy (non-hydrogen) atoms. The van der Waals surface area contributed by atoms with Crippen molar-refractivity contribution in [1.29, 1.82) is 0 Å². The molecule has 7 nitrogen and oxygen atoms in total. The Labute approximate surface area is 222 Å². The maximum atomic E-state index is 14.5. The molecule has 0 aliphatic heterocycles. The molecule has 208 valence electrons. The van der Waals surface area contributed by atoms with Crippen LogP contribution in [0.2, 0.25) is 0 Å². The first-order valence-electron chi connectivity index (χ1n) is 12.8. The monoisotopic (exact) mass is 554 g/mol. The molecular formula is C28H44O7P2. The molecule has 0 aliphatic rings. The van der Waals surface area contributed by atoms with E-state index in [1.165, 1.54) is 0 Å². The Morgan fingerprint density at radius 2 is 1.14 bits per heavy atom. The summed E-state index contributed by atoms with van der Waals surface area (Å²) in [7, 11) is -8.40. The molecule has 0 bridgehead atoms. The van der Waals surface area contributed by atoms with Crippen LogP contribution in [0.5, 0.6) is 5.75 Å². The molecule has 0 amide bonds. The molecule has 0 radical (unpaired) electrons. The molecule has 1 N–H and O–H groups in total. The highest BCUT2D eigenvalue weighted by Crippen LogP contribution is 2.75. The summed E-state index contributed by atoms with van der Waals surface area (Å²) in [6.45, 7) is 19.9. The van der Waals surface area contributed by atoms with E-state index in [-0.39, 0.29) is 10.8 Å². The van der Waals surface area contributed by atoms with Crippen molar-refractivity contribution in [2.24, 2.45) is 0 Å². The molecule has 0 spiro atoms. The van der Waals surface area contributed by atoms with Crippen molar-refractivity contribution in [3.8, 4) is 5.75 Å². The van der Waals surface area contributed by atoms with Gasteiger partial charge in [-0.15, -0.1) is 0 Å². The third kappa shape index (κ3) is 8.02. The second-order valence-corrected chi connectivity index (χ2v) is 15.4. The fourth-order valence-electron chi connectivity index (χ4n) is 3.90. The van der Waals surface area contributed by atoms with Gasteiger partial charge in [-0.1, -0.05) is 45.0 Å². The van der Waals surface area contributed by atoms with E-state index in [2.05, 4.69) is 0 Å². The van der Waals surface area contributed by atoms with Gasteiger partial charge in [0.05, 0.1) is 24.4 Å². The highest BCUT2D eigenvalue weighted by Gasteiger charge is 2.48. The van der Waals surface area contributed by atoms with Gasteiger partial charge in [-0.25, -0.2) is 0 Å². The van der Waals surface area contributed by atoms with Gasteiger partial charge < -0.3 is 23.2 Å². The van der Waals surface area contributed by atoms with Crippen LogP contribution in [0.1, 0.15) is 87.3 Å². The van der Waals surface area contributed by atoms with Crippen LogP contribution in [-0.2, 0) is 32.6 Å². The molecule has 0 atom stereocenters. The summed E-state index contributed by atoms with van der Waals surface area (Å²) >= 11 is 0. The lowest BCUT2D eigenvalue weighted by atomic mass is 9.83. The Morgan fingerprint density at radius 3 is 1.49 bits per heavy atom. The van der Waals surface area contributed by atoms with E-state index < -0.39 is 45.0 Å². The molecule has 0 heterocycles. The summed E-state index contributed by atoms with van der Waals surface area (Å²) in [5.41, 5.74) is 0.870. The van der Waals surface area contributed by atoms with Gasteiger partial charge in [0.2, 0.25) is 0 Å². The zero-order valence-corrected chi connectivity index (χ0v) is 25.9. The van der Waals surface area contributed by atoms with Crippen molar-refractivity contribution in [2.75, 3.05) is 0 Å². The van der Waals surface area contributed by atoms with Gasteiger partial charge in [0.25, 0.3) is 0 Å². The van der Waals surface area contributed by atoms with Crippen LogP contribution in [0.3, 0.4) is 0 Å². The standard InChI is InChI=1S/C28H44O7P2/c1-18(2)32-36(30,33-19(3)4)26(37(31,34-20(5)6)35-21(7)8)17-22-16-25(28(9,10)11)27(29)24-15-13-12-14-23(22)24/h12-21,29H,1-11H3. The summed E-state index contributed by atoms with van der Waals surface area (Å²) in [6.07, 6.45) is -0.446. The first-order valence-corrected chi connectivity index (χ1v) is 15.9. The predicted octanol–water partition coefficient (Wildman–Crippen LogP) is 9.23. The van der Waals surface area contributed by atoms with E-state index in [0.29, 0.717) is 21.9 Å². The summed E-state index contributed by atoms with van der Waals surface area (Å²) < 4.78 is 52.7. The molecule has 9 heteroatoms. The third-order valence-electron chi connectivity index (χ3n) is 5.10. The van der Waals surface area contributed by atoms with Crippen LogP contribution in [0.15, 0.2) is 35.4 Å². The van der Waals surface area contributed by atoms with Crippen LogP contribution in [0.4, 0.5) is 0 Å². The van der Waals surface area contributed by atoms with Crippen LogP contribution in [0, 0.1) is 0 Å². The van der Waals surface area contributed by atoms with Gasteiger partial charge in [-0.2, -0.15) is 0 Å². The minimum atomic E-state index is -4.20. The quantitative estimate of drug-likeness (QED) is 0.277. The lowest BCUT2D eigenvalue weighted by molar-refractivity contribution is 0.138. The van der Waals surface area contributed by atoms with Crippen LogP contribution in [-0.4, -0.2) is 29.5 Å². The van der Waals surface area contributed by atoms with Crippen molar-refractivity contribution < 1.29 is 32.3 Å². The number of phenols is 1. The number of hydrogen-bond acceptors (Lipinski definition) is 7. The largest absolute Gasteiger partial charge is 0.507 e. The molecule has 2 rings (SSSR count). The van der Waals surface area contributed by atoms with Crippen molar-refractivity contribution in [3.63, 3.8) is 0 Å². The Bertz CT molecular complexity index is 1140. The molecule has 0 fully saturated rings. The molecule has 2 aromatic rings. The van der Waals surface area contributed by atoms with Gasteiger partial charge in [0.1, 0.15) is 5.75 Å². The van der Waals surface area contributed by atoms with Gasteiger partial charge in [-0.3, -0.25) is 9.13 Å². The zero-order chi connectivity index (χ0) is 28.3. The Hall–Kier alpha value is -1.46. The lowest BCUT2D eigenvalue weighted by Gasteiger charge is -2.31. The summed E-state index contributed by atoms with van der Waals surface area (Å²) in [5.74, 6) is 0.168. The zero-order valence-electron chi connectivity index (χ0n) is 24.1. The van der Waals surface area contributed by atoms with Crippen LogP contribution >= 0.6 is 15.2 Å². The lowest BCUT2D eigenvalue weighted by Crippen LogP contribution is -2.15. The van der Waals surface area contributed by atoms with E-state index in [9.17, 15) is 14.2 Å². The molecule has 2 aromatic carbocycles. The number of hydrogen-bond donors (Lipinski definition) is 1. The first kappa shape index (κ1) is 31.8. The fraction of sp³-hybridized carbons (Fsp3) is 0.571. The number of aromatic hydroxyl groups is 1. The molecule has 0 saturated heterocycles. The minimum Gasteiger partial charge on any atom is -0.507 e. The molecular weight excluding hydrogens is 510 g/mol. The van der Waals surface area contributed by atoms with Crippen LogP contribution in [0.25, 0.3) is 16.8 Å². The van der Waals surface area contributed by atoms with Crippen molar-refractivity contribution in [1.82, 2.24) is 0 Å². The van der Waals surface area contributed by atoms with Gasteiger partial charge >= 0.3 is 15.2 Å². The number of fused-ring (bicyclic) bond motifs is 1. The minimum absolute atomic E-state index is 0.166. The smallest absolute Gasteiger partial charge is 0.370 e. The van der Waals surface area contributed by atoms with Crippen molar-refractivity contribution >= 4 is 32.0 Å². The predicted molar refractivity (Wildman–Crippen MR) is 152 cm³/mol. The maximum absolute atomic E-state index is 14.5. The summed E-state index contributed by atoms with van der Waals surface area (Å²) in [5, 5.41) is 12.3. The Kier molecular flexibility index (Phi) is 10.4. The SMILES string of the molecule is CC(C)OP(=O)(OC(C)C)C(=Cc1cc(C(C)(C)C)c(O)c2ccccc12)P(=O)(OC(C)C)OC(C)C. The van der Waals surface area contributed by atoms with Gasteiger partial charge in [-0.05, 0) is 83.9 Å². The number of benzene rings is 2. The van der Waals surface area contributed by atoms with Gasteiger partial charge in [0.15, 0.2) is 5.06 Å². The maximum Gasteiger partial charge on any atom is 0.370 e. The fourth-order valence-corrected chi connectivity index (χ4v) is 9.01. The first-order chi connectivity index (χ1) is 16.9. The van der Waals surface area contributed by atoms with Gasteiger partial charge in [0, 0.05) is 10.9 Å².